The van der Waals surface area contributed by atoms with E-state index < -0.39 is 18.3 Å². The van der Waals surface area contributed by atoms with E-state index in [1.54, 1.807) is 25.4 Å². The van der Waals surface area contributed by atoms with Crippen LogP contribution in [0, 0.1) is 12.7 Å². The van der Waals surface area contributed by atoms with Gasteiger partial charge in [-0.25, -0.2) is 9.37 Å². The Bertz CT molecular complexity index is 1050. The van der Waals surface area contributed by atoms with E-state index in [1.807, 2.05) is 57.5 Å². The summed E-state index contributed by atoms with van der Waals surface area (Å²) in [6, 6.07) is 9.04. The molecule has 0 unspecified atom stereocenters. The number of halogens is 1. The Morgan fingerprint density at radius 3 is 2.43 bits per heavy atom. The number of fused-ring (bicyclic) bond motifs is 1. The van der Waals surface area contributed by atoms with Crippen molar-refractivity contribution >= 4 is 23.6 Å². The predicted octanol–water partition coefficient (Wildman–Crippen LogP) is 4.11. The summed E-state index contributed by atoms with van der Waals surface area (Å²) in [6.07, 6.45) is 1.75. The van der Waals surface area contributed by atoms with Crippen molar-refractivity contribution in [1.82, 2.24) is 9.55 Å². The molecule has 146 valence electrons. The second-order valence-corrected chi connectivity index (χ2v) is 8.29. The molecular weight excluding hydrogens is 358 g/mol. The van der Waals surface area contributed by atoms with Crippen molar-refractivity contribution in [1.29, 1.82) is 0 Å². The van der Waals surface area contributed by atoms with Crippen LogP contribution in [-0.2, 0) is 16.4 Å². The van der Waals surface area contributed by atoms with E-state index in [4.69, 9.17) is 14.0 Å². The summed E-state index contributed by atoms with van der Waals surface area (Å²) in [7, 11) is 1.19. The lowest BCUT2D eigenvalue weighted by Crippen LogP contribution is -2.41. The Kier molecular flexibility index (Phi) is 4.28. The molecule has 0 bridgehead atoms. The normalized spacial score (nSPS) is 18.0. The van der Waals surface area contributed by atoms with Crippen LogP contribution in [0.2, 0.25) is 0 Å². The molecule has 0 radical (unpaired) electrons. The van der Waals surface area contributed by atoms with E-state index in [9.17, 15) is 0 Å². The van der Waals surface area contributed by atoms with Crippen molar-refractivity contribution in [2.24, 2.45) is 7.05 Å². The first-order chi connectivity index (χ1) is 13.1. The zero-order chi connectivity index (χ0) is 20.3. The molecule has 0 amide bonds. The van der Waals surface area contributed by atoms with Gasteiger partial charge in [-0.05, 0) is 52.8 Å². The minimum absolute atomic E-state index is 0.378. The third-order valence-corrected chi connectivity index (χ3v) is 5.80. The zero-order valence-electron chi connectivity index (χ0n) is 17.0. The molecule has 1 saturated heterocycles. The van der Waals surface area contributed by atoms with E-state index >= 15 is 4.39 Å². The van der Waals surface area contributed by atoms with Crippen molar-refractivity contribution in [3.8, 4) is 11.5 Å². The summed E-state index contributed by atoms with van der Waals surface area (Å²) in [5, 5.41) is 0. The average molecular weight is 382 g/mol. The lowest BCUT2D eigenvalue weighted by molar-refractivity contribution is 0.00578. The van der Waals surface area contributed by atoms with Crippen LogP contribution in [-0.4, -0.2) is 27.9 Å². The minimum atomic E-state index is -0.748. The minimum Gasteiger partial charge on any atom is -0.457 e. The van der Waals surface area contributed by atoms with Crippen molar-refractivity contribution in [2.45, 2.75) is 45.8 Å². The Labute approximate surface area is 164 Å². The van der Waals surface area contributed by atoms with Gasteiger partial charge in [-0.2, -0.15) is 0 Å². The van der Waals surface area contributed by atoms with Crippen LogP contribution >= 0.6 is 0 Å². The van der Waals surface area contributed by atoms with Gasteiger partial charge in [0.2, 0.25) is 0 Å². The van der Waals surface area contributed by atoms with Gasteiger partial charge in [-0.15, -0.1) is 0 Å². The van der Waals surface area contributed by atoms with E-state index in [0.717, 1.165) is 11.0 Å². The van der Waals surface area contributed by atoms with E-state index in [-0.39, 0.29) is 5.82 Å². The quantitative estimate of drug-likeness (QED) is 0.640. The molecule has 0 aliphatic carbocycles. The number of ether oxygens (including phenoxy) is 1. The zero-order valence-corrected chi connectivity index (χ0v) is 17.0. The number of aryl methyl sites for hydroxylation is 1. The van der Waals surface area contributed by atoms with Crippen molar-refractivity contribution in [2.75, 3.05) is 0 Å². The molecule has 4 rings (SSSR count). The van der Waals surface area contributed by atoms with E-state index in [2.05, 4.69) is 4.98 Å². The van der Waals surface area contributed by atoms with Crippen LogP contribution in [0.4, 0.5) is 4.39 Å². The van der Waals surface area contributed by atoms with E-state index in [1.165, 1.54) is 0 Å². The first-order valence-corrected chi connectivity index (χ1v) is 9.33. The Morgan fingerprint density at radius 1 is 1.07 bits per heavy atom. The number of benzene rings is 2. The number of hydrogen-bond acceptors (Lipinski definition) is 4. The number of imidazole rings is 1. The Balaban J connectivity index is 1.62. The summed E-state index contributed by atoms with van der Waals surface area (Å²) in [5.41, 5.74) is 1.58. The molecule has 1 aromatic heterocycles. The second-order valence-electron chi connectivity index (χ2n) is 8.29. The van der Waals surface area contributed by atoms with Gasteiger partial charge in [0.1, 0.15) is 17.3 Å². The van der Waals surface area contributed by atoms with Gasteiger partial charge in [-0.1, -0.05) is 6.07 Å². The summed E-state index contributed by atoms with van der Waals surface area (Å²) in [4.78, 5) is 4.33. The molecule has 3 aromatic rings. The summed E-state index contributed by atoms with van der Waals surface area (Å²) < 4.78 is 35.0. The van der Waals surface area contributed by atoms with Gasteiger partial charge < -0.3 is 18.6 Å². The maximum atomic E-state index is 15.1. The predicted molar refractivity (Wildman–Crippen MR) is 108 cm³/mol. The van der Waals surface area contributed by atoms with Crippen molar-refractivity contribution in [3.05, 3.63) is 48.0 Å². The molecule has 1 aliphatic heterocycles. The molecule has 0 saturated carbocycles. The standard InChI is InChI=1S/C21H24BFN2O3/c1-13-18(26-14-7-9-17-16(11-14)24-12-25(17)6)10-8-15(19(13)23)22-27-20(2,3)21(4,5)28-22/h7-12H,1-6H3. The fraction of sp³-hybridized carbons (Fsp3) is 0.381. The highest BCUT2D eigenvalue weighted by molar-refractivity contribution is 6.62. The smallest absolute Gasteiger partial charge is 0.457 e. The monoisotopic (exact) mass is 382 g/mol. The molecule has 0 atom stereocenters. The van der Waals surface area contributed by atoms with Crippen LogP contribution in [0.5, 0.6) is 11.5 Å². The Morgan fingerprint density at radius 2 is 1.75 bits per heavy atom. The molecule has 5 nitrogen and oxygen atoms in total. The highest BCUT2D eigenvalue weighted by Gasteiger charge is 2.52. The average Bonchev–Trinajstić information content (AvgIpc) is 3.08. The van der Waals surface area contributed by atoms with Crippen LogP contribution in [0.1, 0.15) is 33.3 Å². The Hall–Kier alpha value is -2.38. The van der Waals surface area contributed by atoms with Gasteiger partial charge in [0.25, 0.3) is 0 Å². The van der Waals surface area contributed by atoms with Crippen LogP contribution in [0.15, 0.2) is 36.7 Å². The maximum Gasteiger partial charge on any atom is 0.497 e. The number of hydrogen-bond donors (Lipinski definition) is 0. The fourth-order valence-corrected chi connectivity index (χ4v) is 3.26. The van der Waals surface area contributed by atoms with Crippen LogP contribution in [0.25, 0.3) is 11.0 Å². The highest BCUT2D eigenvalue weighted by Crippen LogP contribution is 2.37. The fourth-order valence-electron chi connectivity index (χ4n) is 3.26. The lowest BCUT2D eigenvalue weighted by Gasteiger charge is -2.32. The number of rotatable bonds is 3. The second kappa shape index (κ2) is 6.32. The van der Waals surface area contributed by atoms with Gasteiger partial charge >= 0.3 is 7.12 Å². The summed E-state index contributed by atoms with van der Waals surface area (Å²) >= 11 is 0. The molecule has 1 fully saturated rings. The first kappa shape index (κ1) is 19.0. The molecule has 2 aromatic carbocycles. The highest BCUT2D eigenvalue weighted by atomic mass is 19.1. The summed E-state index contributed by atoms with van der Waals surface area (Å²) in [5.74, 6) is 0.681. The molecular formula is C21H24BFN2O3. The SMILES string of the molecule is Cc1c(Oc2ccc3c(c2)ncn3C)ccc(B2OC(C)(C)C(C)(C)O2)c1F. The van der Waals surface area contributed by atoms with Gasteiger partial charge in [0.05, 0.1) is 28.6 Å². The molecule has 2 heterocycles. The third-order valence-electron chi connectivity index (χ3n) is 5.80. The molecule has 1 aliphatic rings. The first-order valence-electron chi connectivity index (χ1n) is 9.33. The van der Waals surface area contributed by atoms with Gasteiger partial charge in [0.15, 0.2) is 0 Å². The molecule has 7 heteroatoms. The molecule has 0 spiro atoms. The van der Waals surface area contributed by atoms with Crippen LogP contribution < -0.4 is 10.2 Å². The van der Waals surface area contributed by atoms with Gasteiger partial charge in [0, 0.05) is 24.1 Å². The third kappa shape index (κ3) is 2.99. The van der Waals surface area contributed by atoms with Crippen molar-refractivity contribution < 1.29 is 18.4 Å². The van der Waals surface area contributed by atoms with Crippen LogP contribution in [0.3, 0.4) is 0 Å². The molecule has 0 N–H and O–H groups in total. The van der Waals surface area contributed by atoms with E-state index in [0.29, 0.717) is 22.5 Å². The van der Waals surface area contributed by atoms with Gasteiger partial charge in [-0.3, -0.25) is 0 Å². The maximum absolute atomic E-state index is 15.1. The van der Waals surface area contributed by atoms with Crippen molar-refractivity contribution in [3.63, 3.8) is 0 Å². The lowest BCUT2D eigenvalue weighted by atomic mass is 9.77. The largest absolute Gasteiger partial charge is 0.497 e. The number of aromatic nitrogens is 2. The topological polar surface area (TPSA) is 45.5 Å². The molecule has 28 heavy (non-hydrogen) atoms. The summed E-state index contributed by atoms with van der Waals surface area (Å²) in [6.45, 7) is 9.48. The number of nitrogens with zero attached hydrogens (tertiary/aromatic N) is 2.